The van der Waals surface area contributed by atoms with Crippen molar-refractivity contribution in [2.45, 2.75) is 64.7 Å². The van der Waals surface area contributed by atoms with Crippen LogP contribution in [0.15, 0.2) is 188 Å². The van der Waals surface area contributed by atoms with E-state index in [1.54, 1.807) is 0 Å². The number of nitrogens with zero attached hydrogens (tertiary/aromatic N) is 4. The topological polar surface area (TPSA) is 35.9 Å². The second-order valence-electron chi connectivity index (χ2n) is 19.1. The Morgan fingerprint density at radius 1 is 0.530 bits per heavy atom. The van der Waals surface area contributed by atoms with Crippen molar-refractivity contribution in [1.29, 1.82) is 0 Å². The zero-order chi connectivity index (χ0) is 44.9. The number of hydrogen-bond donors (Lipinski definition) is 0. The molecule has 0 amide bonds. The molecule has 0 aliphatic heterocycles. The number of imidazole rings is 1. The average Bonchev–Trinajstić information content (AvgIpc) is 3.96. The Balaban J connectivity index is 0.00000548. The summed E-state index contributed by atoms with van der Waals surface area (Å²) in [5, 5.41) is 2.21. The van der Waals surface area contributed by atoms with Gasteiger partial charge in [0.2, 0.25) is 0 Å². The van der Waals surface area contributed by atoms with Gasteiger partial charge in [-0.25, -0.2) is 4.98 Å². The molecule has 0 unspecified atom stereocenters. The first kappa shape index (κ1) is 44.4. The first-order valence-electron chi connectivity index (χ1n) is 22.4. The fourth-order valence-electron chi connectivity index (χ4n) is 8.92. The fourth-order valence-corrected chi connectivity index (χ4v) is 8.92. The van der Waals surface area contributed by atoms with E-state index in [1.807, 2.05) is 52.0 Å². The fraction of sp³-hybridized carbons (Fsp3) is 0.167. The van der Waals surface area contributed by atoms with Crippen LogP contribution in [0.2, 0.25) is 0 Å². The van der Waals surface area contributed by atoms with E-state index in [4.69, 9.17) is 9.72 Å². The standard InChI is InChI=1S/C60H52N4O.Pt/c1-58(2,3)46-30-31-61-57(38-46)64-55-37-47(59(4,5)44-20-13-9-14-21-44)26-28-53(55)54-29-27-52(40-56(54)64)65-51-25-17-24-49(39-51)62-32-33-63(41-62)50-35-43(42-18-11-8-12-19-42)34-48(36-50)60(6,7)45-22-15-10-16-23-45;/h8-38H,1-7H3;/q-2;. The Labute approximate surface area is 403 Å². The van der Waals surface area contributed by atoms with Crippen molar-refractivity contribution < 1.29 is 30.4 Å². The maximum absolute atomic E-state index is 6.62. The van der Waals surface area contributed by atoms with Gasteiger partial charge in [0, 0.05) is 67.5 Å². The largest absolute Gasteiger partial charge is 0.510 e. The van der Waals surface area contributed by atoms with Gasteiger partial charge in [0.25, 0.3) is 6.33 Å². The molecule has 10 aromatic rings. The third kappa shape index (κ3) is 8.45. The van der Waals surface area contributed by atoms with Crippen LogP contribution in [-0.2, 0) is 37.3 Å². The molecule has 0 saturated carbocycles. The molecule has 330 valence electrons. The summed E-state index contributed by atoms with van der Waals surface area (Å²) in [4.78, 5) is 4.97. The smallest absolute Gasteiger partial charge is 0.267 e. The number of hydrogen-bond acceptors (Lipinski definition) is 2. The van der Waals surface area contributed by atoms with Gasteiger partial charge >= 0.3 is 0 Å². The molecule has 0 aliphatic rings. The summed E-state index contributed by atoms with van der Waals surface area (Å²) >= 11 is 0. The average molecular weight is 1040 g/mol. The number of benzene rings is 7. The molecule has 7 aromatic carbocycles. The summed E-state index contributed by atoms with van der Waals surface area (Å²) in [5.41, 5.74) is 11.8. The molecule has 3 heterocycles. The molecule has 0 bridgehead atoms. The third-order valence-electron chi connectivity index (χ3n) is 13.0. The minimum absolute atomic E-state index is 0. The van der Waals surface area contributed by atoms with Crippen molar-refractivity contribution in [2.24, 2.45) is 0 Å². The summed E-state index contributed by atoms with van der Waals surface area (Å²) in [6.45, 7) is 15.9. The quantitative estimate of drug-likeness (QED) is 0.101. The van der Waals surface area contributed by atoms with Crippen LogP contribution in [0, 0.1) is 18.5 Å². The van der Waals surface area contributed by atoms with E-state index in [0.29, 0.717) is 11.5 Å². The van der Waals surface area contributed by atoms with Crippen LogP contribution in [0.4, 0.5) is 0 Å². The molecular formula is C60H52N4OPt-2. The molecule has 0 saturated heterocycles. The molecule has 0 fully saturated rings. The zero-order valence-electron chi connectivity index (χ0n) is 38.4. The predicted molar refractivity (Wildman–Crippen MR) is 264 cm³/mol. The SMILES string of the molecule is CC(C)(C)c1ccnc(-n2c3[c-]c(Oc4[c-]c(-n5[c-][n+](-c6cc(-c7ccccc7)cc(C(C)(C)c7ccccc7)c6)cc5)ccc4)ccc3c3ccc(C(C)(C)c4ccccc4)cc32)c1.[Pt]. The van der Waals surface area contributed by atoms with E-state index >= 15 is 0 Å². The van der Waals surface area contributed by atoms with E-state index in [9.17, 15) is 0 Å². The van der Waals surface area contributed by atoms with E-state index < -0.39 is 0 Å². The molecule has 0 atom stereocenters. The van der Waals surface area contributed by atoms with Crippen molar-refractivity contribution in [3.8, 4) is 39.8 Å². The van der Waals surface area contributed by atoms with Crippen molar-refractivity contribution in [1.82, 2.24) is 14.1 Å². The Hall–Kier alpha value is -6.81. The summed E-state index contributed by atoms with van der Waals surface area (Å²) < 4.78 is 12.9. The van der Waals surface area contributed by atoms with E-state index in [0.717, 1.165) is 44.6 Å². The van der Waals surface area contributed by atoms with Crippen molar-refractivity contribution in [3.05, 3.63) is 235 Å². The van der Waals surface area contributed by atoms with Crippen LogP contribution in [0.3, 0.4) is 0 Å². The van der Waals surface area contributed by atoms with Crippen LogP contribution in [0.5, 0.6) is 11.5 Å². The van der Waals surface area contributed by atoms with E-state index in [2.05, 4.69) is 217 Å². The molecule has 10 rings (SSSR count). The first-order chi connectivity index (χ1) is 31.3. The molecule has 5 nitrogen and oxygen atoms in total. The zero-order valence-corrected chi connectivity index (χ0v) is 40.7. The Morgan fingerprint density at radius 3 is 1.88 bits per heavy atom. The van der Waals surface area contributed by atoms with Crippen LogP contribution < -0.4 is 9.30 Å². The minimum atomic E-state index is -0.229. The summed E-state index contributed by atoms with van der Waals surface area (Å²) in [5.74, 6) is 2.01. The third-order valence-corrected chi connectivity index (χ3v) is 13.0. The predicted octanol–water partition coefficient (Wildman–Crippen LogP) is 14.1. The van der Waals surface area contributed by atoms with Crippen molar-refractivity contribution in [2.75, 3.05) is 0 Å². The van der Waals surface area contributed by atoms with Crippen LogP contribution in [-0.4, -0.2) is 14.1 Å². The number of pyridine rings is 1. The van der Waals surface area contributed by atoms with Gasteiger partial charge in [0.1, 0.15) is 5.82 Å². The summed E-state index contributed by atoms with van der Waals surface area (Å²) in [6.07, 6.45) is 9.53. The molecule has 66 heavy (non-hydrogen) atoms. The van der Waals surface area contributed by atoms with E-state index in [-0.39, 0.29) is 37.3 Å². The van der Waals surface area contributed by atoms with Gasteiger partial charge in [0.05, 0.1) is 5.69 Å². The Morgan fingerprint density at radius 2 is 1.18 bits per heavy atom. The second kappa shape index (κ2) is 17.5. The Bertz CT molecular complexity index is 3320. The monoisotopic (exact) mass is 1040 g/mol. The van der Waals surface area contributed by atoms with E-state index in [1.165, 1.54) is 33.4 Å². The molecule has 0 spiro atoms. The van der Waals surface area contributed by atoms with Crippen LogP contribution in [0.25, 0.3) is 50.1 Å². The number of fused-ring (bicyclic) bond motifs is 3. The van der Waals surface area contributed by atoms with Gasteiger partial charge in [-0.2, -0.15) is 18.2 Å². The molecular weight excluding hydrogens is 988 g/mol. The second-order valence-corrected chi connectivity index (χ2v) is 19.1. The summed E-state index contributed by atoms with van der Waals surface area (Å²) in [6, 6.07) is 67.2. The van der Waals surface area contributed by atoms with Gasteiger partial charge in [-0.1, -0.05) is 163 Å². The van der Waals surface area contributed by atoms with Gasteiger partial charge in [-0.3, -0.25) is 4.57 Å². The normalized spacial score (nSPS) is 12.0. The Kier molecular flexibility index (Phi) is 11.8. The minimum Gasteiger partial charge on any atom is -0.510 e. The van der Waals surface area contributed by atoms with Gasteiger partial charge in [0.15, 0.2) is 0 Å². The van der Waals surface area contributed by atoms with Gasteiger partial charge in [-0.15, -0.1) is 29.7 Å². The first-order valence-corrected chi connectivity index (χ1v) is 22.4. The summed E-state index contributed by atoms with van der Waals surface area (Å²) in [7, 11) is 0. The van der Waals surface area contributed by atoms with Crippen LogP contribution >= 0.6 is 0 Å². The number of aromatic nitrogens is 4. The molecule has 3 aromatic heterocycles. The van der Waals surface area contributed by atoms with Crippen molar-refractivity contribution in [3.63, 3.8) is 0 Å². The maximum atomic E-state index is 6.62. The molecule has 0 aliphatic carbocycles. The van der Waals surface area contributed by atoms with Gasteiger partial charge < -0.3 is 13.9 Å². The molecule has 0 N–H and O–H groups in total. The van der Waals surface area contributed by atoms with Crippen molar-refractivity contribution >= 4 is 21.8 Å². The number of rotatable bonds is 10. The molecule has 6 heteroatoms. The van der Waals surface area contributed by atoms with Gasteiger partial charge in [-0.05, 0) is 85.8 Å². The number of ether oxygens (including phenoxy) is 1. The van der Waals surface area contributed by atoms with Crippen LogP contribution in [0.1, 0.15) is 76.3 Å². The molecule has 0 radical (unpaired) electrons. The maximum Gasteiger partial charge on any atom is 0.267 e.